The van der Waals surface area contributed by atoms with Crippen LogP contribution in [0.5, 0.6) is 0 Å². The van der Waals surface area contributed by atoms with E-state index >= 15 is 0 Å². The Balaban J connectivity index is 5.53. The zero-order chi connectivity index (χ0) is 15.6. The van der Waals surface area contributed by atoms with Crippen LogP contribution in [0.15, 0.2) is 0 Å². The average molecular weight is 329 g/mol. The van der Waals surface area contributed by atoms with Gasteiger partial charge < -0.3 is 18.1 Å². The summed E-state index contributed by atoms with van der Waals surface area (Å²) >= 11 is 0. The molecule has 0 heterocycles. The highest BCUT2D eigenvalue weighted by molar-refractivity contribution is 7.77. The summed E-state index contributed by atoms with van der Waals surface area (Å²) in [6.45, 7) is 9.52. The monoisotopic (exact) mass is 329 g/mol. The van der Waals surface area contributed by atoms with Crippen molar-refractivity contribution < 1.29 is 27.2 Å². The summed E-state index contributed by atoms with van der Waals surface area (Å²) in [6, 6.07) is 0. The van der Waals surface area contributed by atoms with E-state index in [1.54, 1.807) is 27.7 Å². The maximum Gasteiger partial charge on any atom is 0.201 e. The Kier molecular flexibility index (Phi) is 10.2. The van der Waals surface area contributed by atoms with E-state index in [1.807, 2.05) is 6.92 Å². The summed E-state index contributed by atoms with van der Waals surface area (Å²) in [4.78, 5) is 0. The van der Waals surface area contributed by atoms with Crippen molar-refractivity contribution in [3.8, 4) is 0 Å². The molecule has 0 aromatic rings. The first-order valence-electron chi connectivity index (χ1n) is 7.09. The minimum absolute atomic E-state index is 0.125. The van der Waals surface area contributed by atoms with Gasteiger partial charge in [0.25, 0.3) is 0 Å². The lowest BCUT2D eigenvalue weighted by Gasteiger charge is -2.42. The van der Waals surface area contributed by atoms with Gasteiger partial charge in [-0.1, -0.05) is 18.7 Å². The van der Waals surface area contributed by atoms with Gasteiger partial charge in [-0.05, 0) is 27.7 Å². The fourth-order valence-electron chi connectivity index (χ4n) is 1.70. The van der Waals surface area contributed by atoms with E-state index in [4.69, 9.17) is 18.1 Å². The minimum atomic E-state index is -3.62. The molecule has 0 fully saturated rings. The first kappa shape index (κ1) is 20.3. The topological polar surface area (TPSA) is 71.1 Å². The third kappa shape index (κ3) is 5.59. The standard InChI is InChI=1S/C12H27O6P2/c1-6-11-12(19(13,15-7-2)16-8-3)20(14,17-9-4)18-10-5/h6-11H2,1-5H3/q-1. The predicted molar refractivity (Wildman–Crippen MR) is 79.9 cm³/mol. The van der Waals surface area contributed by atoms with E-state index in [2.05, 4.69) is 0 Å². The van der Waals surface area contributed by atoms with Crippen LogP contribution >= 0.6 is 15.2 Å². The molecule has 0 aliphatic carbocycles. The average Bonchev–Trinajstić information content (AvgIpc) is 2.36. The molecule has 8 heteroatoms. The van der Waals surface area contributed by atoms with E-state index in [-0.39, 0.29) is 31.8 Å². The van der Waals surface area contributed by atoms with Gasteiger partial charge in [0, 0.05) is 0 Å². The Morgan fingerprint density at radius 3 is 1.20 bits per heavy atom. The van der Waals surface area contributed by atoms with Crippen LogP contribution in [0, 0.1) is 5.40 Å². The van der Waals surface area contributed by atoms with Crippen molar-refractivity contribution in [1.29, 1.82) is 0 Å². The second-order valence-electron chi connectivity index (χ2n) is 3.83. The van der Waals surface area contributed by atoms with Crippen LogP contribution in [0.1, 0.15) is 47.5 Å². The van der Waals surface area contributed by atoms with Crippen molar-refractivity contribution >= 4 is 15.2 Å². The second-order valence-corrected chi connectivity index (χ2v) is 8.29. The largest absolute Gasteiger partial charge is 0.331 e. The van der Waals surface area contributed by atoms with Crippen molar-refractivity contribution in [3.05, 3.63) is 5.40 Å². The minimum Gasteiger partial charge on any atom is -0.331 e. The summed E-state index contributed by atoms with van der Waals surface area (Å²) in [5.74, 6) is 0. The molecule has 0 aromatic carbocycles. The molecular weight excluding hydrogens is 302 g/mol. The Morgan fingerprint density at radius 1 is 0.700 bits per heavy atom. The molecule has 0 atom stereocenters. The molecule has 0 unspecified atom stereocenters. The van der Waals surface area contributed by atoms with Crippen molar-refractivity contribution in [2.24, 2.45) is 0 Å². The van der Waals surface area contributed by atoms with Crippen LogP contribution in [0.25, 0.3) is 0 Å². The van der Waals surface area contributed by atoms with E-state index in [0.717, 1.165) is 0 Å². The highest BCUT2D eigenvalue weighted by atomic mass is 31.2. The molecule has 0 amide bonds. The lowest BCUT2D eigenvalue weighted by Crippen LogP contribution is -2.11. The van der Waals surface area contributed by atoms with E-state index in [1.165, 1.54) is 0 Å². The van der Waals surface area contributed by atoms with Crippen LogP contribution in [-0.4, -0.2) is 26.4 Å². The number of hydrogen-bond acceptors (Lipinski definition) is 6. The molecule has 0 rings (SSSR count). The summed E-state index contributed by atoms with van der Waals surface area (Å²) in [5, 5.41) is 0.125. The van der Waals surface area contributed by atoms with E-state index in [0.29, 0.717) is 12.8 Å². The Labute approximate surface area is 122 Å². The molecule has 0 saturated carbocycles. The van der Waals surface area contributed by atoms with Crippen LogP contribution in [0.3, 0.4) is 0 Å². The van der Waals surface area contributed by atoms with Crippen molar-refractivity contribution in [2.45, 2.75) is 47.5 Å². The molecule has 0 bridgehead atoms. The molecule has 122 valence electrons. The lowest BCUT2D eigenvalue weighted by molar-refractivity contribution is 0.205. The van der Waals surface area contributed by atoms with Crippen LogP contribution in [0.4, 0.5) is 0 Å². The molecule has 0 spiro atoms. The van der Waals surface area contributed by atoms with Crippen molar-refractivity contribution in [1.82, 2.24) is 0 Å². The highest BCUT2D eigenvalue weighted by Gasteiger charge is 2.36. The lowest BCUT2D eigenvalue weighted by atomic mass is 10.4. The van der Waals surface area contributed by atoms with Crippen molar-refractivity contribution in [2.75, 3.05) is 26.4 Å². The maximum atomic E-state index is 12.9. The van der Waals surface area contributed by atoms with E-state index in [9.17, 15) is 9.13 Å². The third-order valence-electron chi connectivity index (χ3n) is 2.30. The first-order chi connectivity index (χ1) is 9.44. The molecule has 0 aliphatic rings. The number of hydrogen-bond donors (Lipinski definition) is 0. The molecule has 6 nitrogen and oxygen atoms in total. The van der Waals surface area contributed by atoms with E-state index < -0.39 is 15.2 Å². The summed E-state index contributed by atoms with van der Waals surface area (Å²) in [6.07, 6.45) is 0.957. The third-order valence-corrected chi connectivity index (χ3v) is 7.88. The zero-order valence-electron chi connectivity index (χ0n) is 13.1. The maximum absolute atomic E-state index is 12.9. The fourth-order valence-corrected chi connectivity index (χ4v) is 6.69. The molecule has 20 heavy (non-hydrogen) atoms. The first-order valence-corrected chi connectivity index (χ1v) is 10.2. The van der Waals surface area contributed by atoms with Gasteiger partial charge in [0.05, 0.1) is 26.4 Å². The van der Waals surface area contributed by atoms with Crippen LogP contribution in [-0.2, 0) is 27.2 Å². The van der Waals surface area contributed by atoms with Gasteiger partial charge in [-0.3, -0.25) is 9.13 Å². The molecule has 0 aromatic heterocycles. The van der Waals surface area contributed by atoms with Crippen molar-refractivity contribution in [3.63, 3.8) is 0 Å². The molecule has 0 N–H and O–H groups in total. The summed E-state index contributed by atoms with van der Waals surface area (Å²) in [5.41, 5.74) is 0. The Morgan fingerprint density at radius 2 is 1.00 bits per heavy atom. The van der Waals surface area contributed by atoms with Gasteiger partial charge in [-0.2, -0.15) is 6.42 Å². The smallest absolute Gasteiger partial charge is 0.201 e. The highest BCUT2D eigenvalue weighted by Crippen LogP contribution is 2.77. The fraction of sp³-hybridized carbons (Fsp3) is 0.917. The second kappa shape index (κ2) is 10.1. The number of rotatable bonds is 12. The molecule has 0 aliphatic heterocycles. The normalized spacial score (nSPS) is 13.1. The molecule has 0 saturated heterocycles. The predicted octanol–water partition coefficient (Wildman–Crippen LogP) is 4.81. The molecule has 0 radical (unpaired) electrons. The van der Waals surface area contributed by atoms with Gasteiger partial charge in [-0.15, -0.1) is 0 Å². The van der Waals surface area contributed by atoms with Gasteiger partial charge in [-0.25, -0.2) is 0 Å². The van der Waals surface area contributed by atoms with Gasteiger partial charge in [0.1, 0.15) is 0 Å². The van der Waals surface area contributed by atoms with Gasteiger partial charge in [0.2, 0.25) is 15.2 Å². The Hall–Kier alpha value is 0.300. The molecular formula is C12H27O6P2-. The summed E-state index contributed by atoms with van der Waals surface area (Å²) in [7, 11) is -7.25. The summed E-state index contributed by atoms with van der Waals surface area (Å²) < 4.78 is 46.9. The quantitative estimate of drug-likeness (QED) is 0.378. The van der Waals surface area contributed by atoms with Gasteiger partial charge >= 0.3 is 0 Å². The van der Waals surface area contributed by atoms with Crippen LogP contribution in [0.2, 0.25) is 0 Å². The Bertz CT molecular complexity index is 297. The SMILES string of the molecule is CCC[C-](P(=O)(OCC)OCC)P(=O)(OCC)OCC. The zero-order valence-corrected chi connectivity index (χ0v) is 14.9. The van der Waals surface area contributed by atoms with Crippen LogP contribution < -0.4 is 0 Å². The van der Waals surface area contributed by atoms with Gasteiger partial charge in [0.15, 0.2) is 0 Å².